The first kappa shape index (κ1) is 44.9. The Balaban J connectivity index is 0. The van der Waals surface area contributed by atoms with E-state index in [4.69, 9.17) is 9.79 Å². The summed E-state index contributed by atoms with van der Waals surface area (Å²) in [7, 11) is 0. The van der Waals surface area contributed by atoms with Crippen LogP contribution < -0.4 is 0 Å². The maximum absolute atomic E-state index is 8.81. The molecule has 1 aliphatic heterocycles. The van der Waals surface area contributed by atoms with Gasteiger partial charge in [0.05, 0.1) is 11.9 Å². The number of aryl methyl sites for hydroxylation is 1. The average Bonchev–Trinajstić information content (AvgIpc) is 3.76. The molecule has 0 spiro atoms. The van der Waals surface area contributed by atoms with Gasteiger partial charge < -0.3 is 9.69 Å². The molecule has 0 radical (unpaired) electrons. The van der Waals surface area contributed by atoms with Crippen molar-refractivity contribution in [2.24, 2.45) is 10.4 Å². The molecular formula is C41H70N4O. The van der Waals surface area contributed by atoms with Crippen molar-refractivity contribution in [3.05, 3.63) is 76.3 Å². The van der Waals surface area contributed by atoms with Crippen LogP contribution in [-0.4, -0.2) is 40.7 Å². The van der Waals surface area contributed by atoms with Crippen LogP contribution in [0.15, 0.2) is 59.0 Å². The highest BCUT2D eigenvalue weighted by Crippen LogP contribution is 2.28. The lowest BCUT2D eigenvalue weighted by Gasteiger charge is -2.18. The van der Waals surface area contributed by atoms with Crippen LogP contribution in [0.25, 0.3) is 11.8 Å². The summed E-state index contributed by atoms with van der Waals surface area (Å²) in [6.07, 6.45) is 20.6. The van der Waals surface area contributed by atoms with Crippen LogP contribution in [0.1, 0.15) is 157 Å². The first-order valence-electron chi connectivity index (χ1n) is 17.7. The SMILES string of the molecule is CC.CC/C=C(/N=C/C=C(\C)N1CCC(c2cn[nH]c2)C1)c1ccc(C=C(C)C)c(C)c1.CC=O.CCC(C)(C)CC.CCCC. The van der Waals surface area contributed by atoms with Crippen LogP contribution in [0.3, 0.4) is 0 Å². The number of allylic oxidation sites excluding steroid dienone is 4. The van der Waals surface area contributed by atoms with Gasteiger partial charge in [-0.15, -0.1) is 0 Å². The second kappa shape index (κ2) is 27.0. The molecule has 1 aliphatic rings. The number of benzene rings is 1. The Morgan fingerprint density at radius 1 is 1.07 bits per heavy atom. The van der Waals surface area contributed by atoms with Gasteiger partial charge in [-0.1, -0.05) is 118 Å². The molecule has 0 bridgehead atoms. The molecule has 0 saturated carbocycles. The fourth-order valence-electron chi connectivity index (χ4n) is 4.16. The molecule has 2 heterocycles. The molecule has 1 aromatic carbocycles. The normalized spacial score (nSPS) is 14.5. The third kappa shape index (κ3) is 19.3. The molecule has 1 N–H and O–H groups in total. The summed E-state index contributed by atoms with van der Waals surface area (Å²) >= 11 is 0. The number of nitrogens with zero attached hydrogens (tertiary/aromatic N) is 3. The number of aldehydes is 1. The smallest absolute Gasteiger partial charge is 0.116 e. The highest BCUT2D eigenvalue weighted by molar-refractivity contribution is 5.81. The molecule has 1 unspecified atom stereocenters. The molecule has 1 aromatic heterocycles. The zero-order chi connectivity index (χ0) is 35.5. The second-order valence-corrected chi connectivity index (χ2v) is 12.4. The first-order valence-corrected chi connectivity index (χ1v) is 17.7. The molecule has 0 amide bonds. The Morgan fingerprint density at radius 3 is 2.11 bits per heavy atom. The molecule has 1 atom stereocenters. The molecule has 260 valence electrons. The largest absolute Gasteiger partial charge is 0.374 e. The fourth-order valence-corrected chi connectivity index (χ4v) is 4.16. The Kier molecular flexibility index (Phi) is 26.3. The van der Waals surface area contributed by atoms with E-state index in [-0.39, 0.29) is 0 Å². The second-order valence-electron chi connectivity index (χ2n) is 12.4. The number of carbonyl (C=O) groups is 1. The Morgan fingerprint density at radius 2 is 1.67 bits per heavy atom. The quantitative estimate of drug-likeness (QED) is 0.209. The average molecular weight is 635 g/mol. The molecule has 2 aromatic rings. The van der Waals surface area contributed by atoms with E-state index in [1.54, 1.807) is 0 Å². The van der Waals surface area contributed by atoms with Gasteiger partial charge in [0.25, 0.3) is 0 Å². The minimum absolute atomic E-state index is 0.557. The first-order chi connectivity index (χ1) is 21.9. The van der Waals surface area contributed by atoms with E-state index in [1.807, 2.05) is 32.5 Å². The highest BCUT2D eigenvalue weighted by atomic mass is 16.1. The van der Waals surface area contributed by atoms with Crippen LogP contribution in [0.4, 0.5) is 0 Å². The highest BCUT2D eigenvalue weighted by Gasteiger charge is 2.24. The summed E-state index contributed by atoms with van der Waals surface area (Å²) in [6.45, 7) is 31.8. The van der Waals surface area contributed by atoms with Crippen molar-refractivity contribution in [1.82, 2.24) is 15.1 Å². The molecule has 1 saturated heterocycles. The van der Waals surface area contributed by atoms with Crippen molar-refractivity contribution in [3.8, 4) is 0 Å². The summed E-state index contributed by atoms with van der Waals surface area (Å²) < 4.78 is 0. The van der Waals surface area contributed by atoms with E-state index < -0.39 is 0 Å². The molecule has 5 nitrogen and oxygen atoms in total. The number of rotatable bonds is 10. The number of hydrogen-bond donors (Lipinski definition) is 1. The summed E-state index contributed by atoms with van der Waals surface area (Å²) in [4.78, 5) is 16.0. The van der Waals surface area contributed by atoms with Crippen LogP contribution >= 0.6 is 0 Å². The van der Waals surface area contributed by atoms with Gasteiger partial charge in [0.1, 0.15) is 6.29 Å². The topological polar surface area (TPSA) is 61.4 Å². The number of carbonyl (C=O) groups excluding carboxylic acids is 1. The zero-order valence-corrected chi connectivity index (χ0v) is 32.3. The van der Waals surface area contributed by atoms with Gasteiger partial charge in [0.2, 0.25) is 0 Å². The van der Waals surface area contributed by atoms with Crippen molar-refractivity contribution in [2.45, 2.75) is 141 Å². The maximum atomic E-state index is 8.81. The number of likely N-dealkylation sites (tertiary alicyclic amines) is 1. The van der Waals surface area contributed by atoms with Gasteiger partial charge in [-0.25, -0.2) is 0 Å². The van der Waals surface area contributed by atoms with Gasteiger partial charge in [0.15, 0.2) is 0 Å². The van der Waals surface area contributed by atoms with E-state index in [9.17, 15) is 0 Å². The monoisotopic (exact) mass is 635 g/mol. The van der Waals surface area contributed by atoms with Gasteiger partial charge in [-0.2, -0.15) is 5.10 Å². The van der Waals surface area contributed by atoms with Crippen LogP contribution in [0, 0.1) is 12.3 Å². The Labute approximate surface area is 284 Å². The van der Waals surface area contributed by atoms with E-state index in [2.05, 4.69) is 128 Å². The van der Waals surface area contributed by atoms with Gasteiger partial charge in [-0.3, -0.25) is 10.1 Å². The predicted molar refractivity (Wildman–Crippen MR) is 207 cm³/mol. The number of hydrogen-bond acceptors (Lipinski definition) is 4. The van der Waals surface area contributed by atoms with Crippen molar-refractivity contribution >= 4 is 24.3 Å². The number of H-pyrrole nitrogens is 1. The number of aromatic nitrogens is 2. The molecule has 3 rings (SSSR count). The summed E-state index contributed by atoms with van der Waals surface area (Å²) in [5, 5.41) is 7.02. The van der Waals surface area contributed by atoms with Crippen molar-refractivity contribution in [1.29, 1.82) is 0 Å². The summed E-state index contributed by atoms with van der Waals surface area (Å²) in [6, 6.07) is 6.60. The minimum atomic E-state index is 0.557. The lowest BCUT2D eigenvalue weighted by atomic mass is 9.88. The fraction of sp³-hybridized carbons (Fsp3) is 0.585. The zero-order valence-electron chi connectivity index (χ0n) is 32.3. The molecule has 5 heteroatoms. The van der Waals surface area contributed by atoms with Gasteiger partial charge in [-0.05, 0) is 81.7 Å². The lowest BCUT2D eigenvalue weighted by Crippen LogP contribution is -2.18. The molecule has 1 fully saturated rings. The van der Waals surface area contributed by atoms with Crippen LogP contribution in [0.2, 0.25) is 0 Å². The van der Waals surface area contributed by atoms with Crippen molar-refractivity contribution in [2.75, 3.05) is 13.1 Å². The van der Waals surface area contributed by atoms with Gasteiger partial charge in [0, 0.05) is 42.7 Å². The summed E-state index contributed by atoms with van der Waals surface area (Å²) in [5.74, 6) is 0.557. The molecular weight excluding hydrogens is 564 g/mol. The van der Waals surface area contributed by atoms with Crippen molar-refractivity contribution < 1.29 is 4.79 Å². The van der Waals surface area contributed by atoms with E-state index in [0.717, 1.165) is 31.5 Å². The molecule has 0 aliphatic carbocycles. The number of unbranched alkanes of at least 4 members (excludes halogenated alkanes) is 1. The standard InChI is InChI=1S/C26H34N4.C7H16.C4H10.C2H4O.C2H6/c1-6-7-26(23-9-8-22(14-19(2)3)20(4)15-23)27-12-10-21(5)30-13-11-24(18-30)25-16-28-29-17-25;1-5-7(3,4)6-2;1-3-4-2;1-2-3;1-2/h7-10,12,14-17,24H,6,11,13,18H2,1-5H3,(H,28,29);5-6H2,1-4H3;3-4H2,1-2H3;2H,1H3;1-2H3/b21-10+,26-7+,27-12+;;;;. The Bertz CT molecular complexity index is 1160. The number of aromatic amines is 1. The maximum Gasteiger partial charge on any atom is 0.116 e. The summed E-state index contributed by atoms with van der Waals surface area (Å²) in [5.41, 5.74) is 9.21. The number of nitrogens with one attached hydrogen (secondary N) is 1. The van der Waals surface area contributed by atoms with Crippen molar-refractivity contribution in [3.63, 3.8) is 0 Å². The lowest BCUT2D eigenvalue weighted by molar-refractivity contribution is -0.106. The number of aliphatic imine (C=N–C) groups is 1. The van der Waals surface area contributed by atoms with Crippen LogP contribution in [-0.2, 0) is 4.79 Å². The van der Waals surface area contributed by atoms with E-state index in [0.29, 0.717) is 11.3 Å². The minimum Gasteiger partial charge on any atom is -0.374 e. The Hall–Kier alpha value is -3.21. The third-order valence-corrected chi connectivity index (χ3v) is 8.03. The third-order valence-electron chi connectivity index (χ3n) is 8.03. The van der Waals surface area contributed by atoms with E-state index >= 15 is 0 Å². The van der Waals surface area contributed by atoms with E-state index in [1.165, 1.54) is 72.6 Å². The van der Waals surface area contributed by atoms with Gasteiger partial charge >= 0.3 is 0 Å². The predicted octanol–water partition coefficient (Wildman–Crippen LogP) is 12.2. The van der Waals surface area contributed by atoms with Crippen LogP contribution in [0.5, 0.6) is 0 Å². The molecule has 46 heavy (non-hydrogen) atoms.